The molecular weight excluding hydrogens is 304 g/mol. The number of ether oxygens (including phenoxy) is 1. The van der Waals surface area contributed by atoms with E-state index in [2.05, 4.69) is 15.2 Å². The first-order chi connectivity index (χ1) is 11.7. The summed E-state index contributed by atoms with van der Waals surface area (Å²) < 4.78 is 5.17. The van der Waals surface area contributed by atoms with Crippen molar-refractivity contribution in [3.8, 4) is 5.75 Å². The number of anilines is 2. The highest BCUT2D eigenvalue weighted by atomic mass is 16.5. The van der Waals surface area contributed by atoms with Gasteiger partial charge < -0.3 is 20.7 Å². The zero-order valence-electron chi connectivity index (χ0n) is 13.7. The molecule has 0 bridgehead atoms. The molecule has 3 N–H and O–H groups in total. The predicted octanol–water partition coefficient (Wildman–Crippen LogP) is 2.07. The Hall–Kier alpha value is -2.76. The third-order valence-electron chi connectivity index (χ3n) is 4.35. The van der Waals surface area contributed by atoms with Gasteiger partial charge in [-0.15, -0.1) is 0 Å². The molecule has 0 radical (unpaired) electrons. The molecule has 1 aliphatic heterocycles. The molecule has 1 aromatic heterocycles. The van der Waals surface area contributed by atoms with Crippen molar-refractivity contribution in [1.82, 2.24) is 10.3 Å². The number of nitrogens with zero attached hydrogens (tertiary/aromatic N) is 2. The number of amides is 1. The average Bonchev–Trinajstić information content (AvgIpc) is 2.63. The quantitative estimate of drug-likeness (QED) is 0.841. The molecule has 24 heavy (non-hydrogen) atoms. The van der Waals surface area contributed by atoms with Crippen LogP contribution in [0.3, 0.4) is 0 Å². The summed E-state index contributed by atoms with van der Waals surface area (Å²) in [6.45, 7) is 1.83. The number of carbonyl (C=O) groups excluding carboxylic acids is 1. The third-order valence-corrected chi connectivity index (χ3v) is 4.35. The fourth-order valence-corrected chi connectivity index (χ4v) is 2.96. The van der Waals surface area contributed by atoms with Gasteiger partial charge in [-0.3, -0.25) is 9.78 Å². The van der Waals surface area contributed by atoms with Crippen LogP contribution in [0.25, 0.3) is 0 Å². The Labute approximate surface area is 141 Å². The Balaban J connectivity index is 1.57. The van der Waals surface area contributed by atoms with Gasteiger partial charge in [-0.2, -0.15) is 0 Å². The highest BCUT2D eigenvalue weighted by molar-refractivity contribution is 5.95. The summed E-state index contributed by atoms with van der Waals surface area (Å²) in [5, 5.41) is 3.10. The molecule has 1 amide bonds. The summed E-state index contributed by atoms with van der Waals surface area (Å²) in [6.07, 6.45) is 5.44. The molecule has 2 heterocycles. The summed E-state index contributed by atoms with van der Waals surface area (Å²) in [5.74, 6) is 0.436. The molecule has 0 atom stereocenters. The van der Waals surface area contributed by atoms with Crippen LogP contribution in [-0.2, 0) is 0 Å². The number of rotatable bonds is 4. The first-order valence-electron chi connectivity index (χ1n) is 8.06. The monoisotopic (exact) mass is 326 g/mol. The molecule has 1 aromatic carbocycles. The first-order valence-corrected chi connectivity index (χ1v) is 8.06. The van der Waals surface area contributed by atoms with Crippen molar-refractivity contribution in [2.45, 2.75) is 18.9 Å². The fraction of sp³-hybridized carbons (Fsp3) is 0.333. The van der Waals surface area contributed by atoms with Crippen molar-refractivity contribution in [1.29, 1.82) is 0 Å². The second-order valence-electron chi connectivity index (χ2n) is 5.90. The van der Waals surface area contributed by atoms with Gasteiger partial charge in [0, 0.05) is 42.8 Å². The Kier molecular flexibility index (Phi) is 4.84. The second-order valence-corrected chi connectivity index (χ2v) is 5.90. The standard InChI is InChI=1S/C18H22N4O2/c1-24-17-12-13(2-3-16(17)19)18(23)21-14-6-10-22(11-7-14)15-4-8-20-9-5-15/h2-5,8-9,12,14H,6-7,10-11,19H2,1H3,(H,21,23). The van der Waals surface area contributed by atoms with Gasteiger partial charge in [0.05, 0.1) is 12.8 Å². The molecule has 0 saturated carbocycles. The van der Waals surface area contributed by atoms with Crippen LogP contribution in [0.2, 0.25) is 0 Å². The number of aromatic nitrogens is 1. The Bertz CT molecular complexity index is 697. The minimum atomic E-state index is -0.0874. The van der Waals surface area contributed by atoms with Crippen molar-refractivity contribution in [2.24, 2.45) is 0 Å². The molecule has 2 aromatic rings. The molecular formula is C18H22N4O2. The van der Waals surface area contributed by atoms with E-state index in [1.54, 1.807) is 37.7 Å². The van der Waals surface area contributed by atoms with E-state index in [-0.39, 0.29) is 11.9 Å². The number of piperidine rings is 1. The van der Waals surface area contributed by atoms with Gasteiger partial charge in [-0.1, -0.05) is 0 Å². The topological polar surface area (TPSA) is 80.5 Å². The van der Waals surface area contributed by atoms with E-state index < -0.39 is 0 Å². The maximum absolute atomic E-state index is 12.4. The van der Waals surface area contributed by atoms with Crippen LogP contribution in [-0.4, -0.2) is 37.1 Å². The van der Waals surface area contributed by atoms with Crippen molar-refractivity contribution in [3.63, 3.8) is 0 Å². The summed E-state index contributed by atoms with van der Waals surface area (Å²) in [4.78, 5) is 18.8. The van der Waals surface area contributed by atoms with E-state index in [4.69, 9.17) is 10.5 Å². The number of benzene rings is 1. The van der Waals surface area contributed by atoms with Crippen LogP contribution in [0.1, 0.15) is 23.2 Å². The second kappa shape index (κ2) is 7.21. The van der Waals surface area contributed by atoms with E-state index in [1.165, 1.54) is 5.69 Å². The highest BCUT2D eigenvalue weighted by Crippen LogP contribution is 2.23. The van der Waals surface area contributed by atoms with E-state index in [1.807, 2.05) is 12.1 Å². The summed E-state index contributed by atoms with van der Waals surface area (Å²) in [5.41, 5.74) is 8.06. The van der Waals surface area contributed by atoms with Crippen molar-refractivity contribution in [2.75, 3.05) is 30.8 Å². The number of nitrogens with two attached hydrogens (primary N) is 1. The molecule has 126 valence electrons. The van der Waals surface area contributed by atoms with Crippen LogP contribution < -0.4 is 20.7 Å². The van der Waals surface area contributed by atoms with E-state index in [9.17, 15) is 4.79 Å². The first kappa shape index (κ1) is 16.1. The van der Waals surface area contributed by atoms with Gasteiger partial charge in [0.2, 0.25) is 0 Å². The molecule has 0 spiro atoms. The molecule has 1 saturated heterocycles. The van der Waals surface area contributed by atoms with Crippen LogP contribution in [0.4, 0.5) is 11.4 Å². The van der Waals surface area contributed by atoms with E-state index in [0.29, 0.717) is 17.0 Å². The maximum atomic E-state index is 12.4. The minimum absolute atomic E-state index is 0.0874. The lowest BCUT2D eigenvalue weighted by Gasteiger charge is -2.33. The SMILES string of the molecule is COc1cc(C(=O)NC2CCN(c3ccncc3)CC2)ccc1N. The molecule has 1 fully saturated rings. The largest absolute Gasteiger partial charge is 0.495 e. The molecule has 6 heteroatoms. The molecule has 1 aliphatic rings. The smallest absolute Gasteiger partial charge is 0.251 e. The molecule has 0 aliphatic carbocycles. The van der Waals surface area contributed by atoms with E-state index in [0.717, 1.165) is 25.9 Å². The number of pyridine rings is 1. The fourth-order valence-electron chi connectivity index (χ4n) is 2.96. The zero-order chi connectivity index (χ0) is 16.9. The van der Waals surface area contributed by atoms with Crippen LogP contribution in [0.5, 0.6) is 5.75 Å². The Morgan fingerprint density at radius 2 is 1.96 bits per heavy atom. The normalized spacial score (nSPS) is 15.1. The number of hydrogen-bond acceptors (Lipinski definition) is 5. The van der Waals surface area contributed by atoms with Crippen molar-refractivity contribution >= 4 is 17.3 Å². The van der Waals surface area contributed by atoms with Gasteiger partial charge in [0.15, 0.2) is 0 Å². The van der Waals surface area contributed by atoms with Gasteiger partial charge in [-0.05, 0) is 43.2 Å². The Morgan fingerprint density at radius 1 is 1.25 bits per heavy atom. The average molecular weight is 326 g/mol. The van der Waals surface area contributed by atoms with Gasteiger partial charge in [0.25, 0.3) is 5.91 Å². The number of methoxy groups -OCH3 is 1. The number of nitrogens with one attached hydrogen (secondary N) is 1. The lowest BCUT2D eigenvalue weighted by molar-refractivity contribution is 0.0931. The molecule has 3 rings (SSSR count). The zero-order valence-corrected chi connectivity index (χ0v) is 13.7. The summed E-state index contributed by atoms with van der Waals surface area (Å²) in [7, 11) is 1.54. The van der Waals surface area contributed by atoms with Gasteiger partial charge in [0.1, 0.15) is 5.75 Å². The molecule has 0 unspecified atom stereocenters. The van der Waals surface area contributed by atoms with Gasteiger partial charge >= 0.3 is 0 Å². The number of carbonyl (C=O) groups is 1. The van der Waals surface area contributed by atoms with Crippen LogP contribution >= 0.6 is 0 Å². The summed E-state index contributed by atoms with van der Waals surface area (Å²) >= 11 is 0. The third kappa shape index (κ3) is 3.59. The van der Waals surface area contributed by atoms with E-state index >= 15 is 0 Å². The van der Waals surface area contributed by atoms with Gasteiger partial charge in [-0.25, -0.2) is 0 Å². The minimum Gasteiger partial charge on any atom is -0.495 e. The van der Waals surface area contributed by atoms with Crippen LogP contribution in [0.15, 0.2) is 42.7 Å². The Morgan fingerprint density at radius 3 is 2.62 bits per heavy atom. The molecule has 6 nitrogen and oxygen atoms in total. The predicted molar refractivity (Wildman–Crippen MR) is 94.3 cm³/mol. The van der Waals surface area contributed by atoms with Crippen LogP contribution in [0, 0.1) is 0 Å². The lowest BCUT2D eigenvalue weighted by Crippen LogP contribution is -2.44. The number of nitrogen functional groups attached to an aromatic ring is 1. The lowest BCUT2D eigenvalue weighted by atomic mass is 10.0. The highest BCUT2D eigenvalue weighted by Gasteiger charge is 2.21. The number of hydrogen-bond donors (Lipinski definition) is 2. The van der Waals surface area contributed by atoms with Crippen molar-refractivity contribution in [3.05, 3.63) is 48.3 Å². The van der Waals surface area contributed by atoms with Crippen molar-refractivity contribution < 1.29 is 9.53 Å². The maximum Gasteiger partial charge on any atom is 0.251 e. The summed E-state index contributed by atoms with van der Waals surface area (Å²) in [6, 6.07) is 9.30.